The van der Waals surface area contributed by atoms with E-state index in [0.29, 0.717) is 13.0 Å². The first-order valence-corrected chi connectivity index (χ1v) is 6.54. The average molecular weight is 286 g/mol. The molecule has 1 aliphatic rings. The van der Waals surface area contributed by atoms with Gasteiger partial charge in [-0.05, 0) is 25.0 Å². The summed E-state index contributed by atoms with van der Waals surface area (Å²) in [4.78, 5) is 12.0. The highest BCUT2D eigenvalue weighted by Crippen LogP contribution is 2.25. The summed E-state index contributed by atoms with van der Waals surface area (Å²) in [5, 5.41) is 5.57. The van der Waals surface area contributed by atoms with Gasteiger partial charge in [-0.15, -0.1) is 0 Å². The highest BCUT2D eigenvalue weighted by molar-refractivity contribution is 5.81. The molecule has 110 valence electrons. The molecule has 2 rings (SSSR count). The van der Waals surface area contributed by atoms with Gasteiger partial charge in [-0.2, -0.15) is 13.2 Å². The number of carbonyl (C=O) groups excluding carboxylic acids is 1. The third kappa shape index (κ3) is 3.88. The van der Waals surface area contributed by atoms with Crippen molar-refractivity contribution in [3.8, 4) is 0 Å². The van der Waals surface area contributed by atoms with E-state index in [-0.39, 0.29) is 11.8 Å². The Kier molecular flexibility index (Phi) is 4.20. The van der Waals surface area contributed by atoms with Gasteiger partial charge >= 0.3 is 6.18 Å². The van der Waals surface area contributed by atoms with Crippen LogP contribution < -0.4 is 10.6 Å². The predicted molar refractivity (Wildman–Crippen MR) is 70.4 cm³/mol. The Bertz CT molecular complexity index is 488. The lowest BCUT2D eigenvalue weighted by Gasteiger charge is -2.26. The molecule has 0 aromatic heterocycles. The minimum atomic E-state index is -4.26. The van der Waals surface area contributed by atoms with Crippen molar-refractivity contribution < 1.29 is 18.0 Å². The number of hydrogen-bond donors (Lipinski definition) is 2. The number of benzene rings is 1. The van der Waals surface area contributed by atoms with Crippen LogP contribution in [0.3, 0.4) is 0 Å². The summed E-state index contributed by atoms with van der Waals surface area (Å²) in [7, 11) is 0. The maximum atomic E-state index is 12.2. The van der Waals surface area contributed by atoms with Gasteiger partial charge in [0.25, 0.3) is 0 Å². The fourth-order valence-corrected chi connectivity index (χ4v) is 2.39. The normalized spacial score (nSPS) is 19.7. The lowest BCUT2D eigenvalue weighted by molar-refractivity contribution is -0.142. The molecule has 3 nitrogen and oxygen atoms in total. The number of amides is 1. The van der Waals surface area contributed by atoms with E-state index in [4.69, 9.17) is 0 Å². The molecule has 0 saturated carbocycles. The van der Waals surface area contributed by atoms with E-state index in [9.17, 15) is 18.0 Å². The first-order chi connectivity index (χ1) is 9.35. The standard InChI is InChI=1S/C14H17F3N2O/c1-9(7-14(15,16)17)19-13(20)11-6-10-4-2-3-5-12(10)18-8-11/h2-5,9,11,18H,6-8H2,1H3,(H,19,20). The zero-order chi connectivity index (χ0) is 14.8. The molecule has 2 N–H and O–H groups in total. The molecule has 1 aromatic rings. The van der Waals surface area contributed by atoms with E-state index in [1.165, 1.54) is 6.92 Å². The molecule has 0 bridgehead atoms. The topological polar surface area (TPSA) is 41.1 Å². The second kappa shape index (κ2) is 5.73. The summed E-state index contributed by atoms with van der Waals surface area (Å²) in [5.74, 6) is -0.663. The van der Waals surface area contributed by atoms with Gasteiger partial charge in [-0.1, -0.05) is 18.2 Å². The number of rotatable bonds is 3. The monoisotopic (exact) mass is 286 g/mol. The molecule has 0 spiro atoms. The van der Waals surface area contributed by atoms with Gasteiger partial charge in [0.15, 0.2) is 0 Å². The minimum Gasteiger partial charge on any atom is -0.384 e. The number of anilines is 1. The van der Waals surface area contributed by atoms with Crippen molar-refractivity contribution in [2.45, 2.75) is 32.0 Å². The number of nitrogens with one attached hydrogen (secondary N) is 2. The summed E-state index contributed by atoms with van der Waals surface area (Å²) in [6, 6.07) is 6.72. The molecule has 1 amide bonds. The highest BCUT2D eigenvalue weighted by atomic mass is 19.4. The Morgan fingerprint density at radius 1 is 1.45 bits per heavy atom. The summed E-state index contributed by atoms with van der Waals surface area (Å²) in [6.45, 7) is 1.82. The molecule has 1 heterocycles. The largest absolute Gasteiger partial charge is 0.391 e. The van der Waals surface area contributed by atoms with Gasteiger partial charge < -0.3 is 10.6 Å². The Morgan fingerprint density at radius 2 is 2.15 bits per heavy atom. The van der Waals surface area contributed by atoms with Crippen LogP contribution in [0.25, 0.3) is 0 Å². The van der Waals surface area contributed by atoms with Crippen LogP contribution in [0.1, 0.15) is 18.9 Å². The van der Waals surface area contributed by atoms with Crippen LogP contribution in [0, 0.1) is 5.92 Å². The zero-order valence-corrected chi connectivity index (χ0v) is 11.1. The maximum absolute atomic E-state index is 12.2. The van der Waals surface area contributed by atoms with Gasteiger partial charge in [-0.25, -0.2) is 0 Å². The quantitative estimate of drug-likeness (QED) is 0.897. The van der Waals surface area contributed by atoms with Crippen LogP contribution in [0.5, 0.6) is 0 Å². The van der Waals surface area contributed by atoms with E-state index >= 15 is 0 Å². The average Bonchev–Trinajstić information content (AvgIpc) is 2.35. The minimum absolute atomic E-state index is 0.330. The van der Waals surface area contributed by atoms with Crippen molar-refractivity contribution in [3.05, 3.63) is 29.8 Å². The van der Waals surface area contributed by atoms with E-state index in [1.807, 2.05) is 24.3 Å². The zero-order valence-electron chi connectivity index (χ0n) is 11.1. The smallest absolute Gasteiger partial charge is 0.384 e. The van der Waals surface area contributed by atoms with Gasteiger partial charge in [0.05, 0.1) is 12.3 Å². The first-order valence-electron chi connectivity index (χ1n) is 6.54. The van der Waals surface area contributed by atoms with Crippen molar-refractivity contribution in [1.29, 1.82) is 0 Å². The van der Waals surface area contributed by atoms with E-state index < -0.39 is 18.6 Å². The lowest BCUT2D eigenvalue weighted by atomic mass is 9.93. The van der Waals surface area contributed by atoms with Crippen LogP contribution in [-0.4, -0.2) is 24.7 Å². The molecule has 0 radical (unpaired) electrons. The van der Waals surface area contributed by atoms with E-state index in [0.717, 1.165) is 11.3 Å². The van der Waals surface area contributed by atoms with Crippen LogP contribution in [0.4, 0.5) is 18.9 Å². The Balaban J connectivity index is 1.92. The van der Waals surface area contributed by atoms with Crippen molar-refractivity contribution >= 4 is 11.6 Å². The summed E-state index contributed by atoms with van der Waals surface area (Å²) in [6.07, 6.45) is -4.71. The summed E-state index contributed by atoms with van der Waals surface area (Å²) >= 11 is 0. The van der Waals surface area contributed by atoms with Crippen LogP contribution in [0.15, 0.2) is 24.3 Å². The second-order valence-corrected chi connectivity index (χ2v) is 5.17. The van der Waals surface area contributed by atoms with Crippen molar-refractivity contribution in [1.82, 2.24) is 5.32 Å². The molecule has 20 heavy (non-hydrogen) atoms. The van der Waals surface area contributed by atoms with Gasteiger partial charge in [0, 0.05) is 18.3 Å². The fourth-order valence-electron chi connectivity index (χ4n) is 2.39. The lowest BCUT2D eigenvalue weighted by Crippen LogP contribution is -2.43. The fraction of sp³-hybridized carbons (Fsp3) is 0.500. The maximum Gasteiger partial charge on any atom is 0.391 e. The molecular weight excluding hydrogens is 269 g/mol. The molecular formula is C14H17F3N2O. The number of halogens is 3. The van der Waals surface area contributed by atoms with Crippen molar-refractivity contribution in [2.24, 2.45) is 5.92 Å². The van der Waals surface area contributed by atoms with E-state index in [2.05, 4.69) is 10.6 Å². The number of para-hydroxylation sites is 1. The molecule has 0 aliphatic carbocycles. The second-order valence-electron chi connectivity index (χ2n) is 5.17. The molecule has 6 heteroatoms. The van der Waals surface area contributed by atoms with Crippen molar-refractivity contribution in [2.75, 3.05) is 11.9 Å². The third-order valence-electron chi connectivity index (χ3n) is 3.32. The SMILES string of the molecule is CC(CC(F)(F)F)NC(=O)C1CNc2ccccc2C1. The van der Waals surface area contributed by atoms with Gasteiger partial charge in [0.2, 0.25) is 5.91 Å². The number of alkyl halides is 3. The molecule has 0 fully saturated rings. The Morgan fingerprint density at radius 3 is 2.85 bits per heavy atom. The van der Waals surface area contributed by atoms with Gasteiger partial charge in [0.1, 0.15) is 0 Å². The van der Waals surface area contributed by atoms with Crippen LogP contribution >= 0.6 is 0 Å². The first kappa shape index (κ1) is 14.7. The Hall–Kier alpha value is -1.72. The molecule has 2 atom stereocenters. The van der Waals surface area contributed by atoms with Crippen LogP contribution in [-0.2, 0) is 11.2 Å². The number of carbonyl (C=O) groups is 1. The van der Waals surface area contributed by atoms with Crippen molar-refractivity contribution in [3.63, 3.8) is 0 Å². The molecule has 2 unspecified atom stereocenters. The predicted octanol–water partition coefficient (Wildman–Crippen LogP) is 2.73. The molecule has 1 aromatic carbocycles. The Labute approximate surface area is 115 Å². The molecule has 0 saturated heterocycles. The van der Waals surface area contributed by atoms with Gasteiger partial charge in [-0.3, -0.25) is 4.79 Å². The number of fused-ring (bicyclic) bond motifs is 1. The van der Waals surface area contributed by atoms with E-state index in [1.54, 1.807) is 0 Å². The summed E-state index contributed by atoms with van der Waals surface area (Å²) < 4.78 is 36.7. The third-order valence-corrected chi connectivity index (χ3v) is 3.32. The molecule has 1 aliphatic heterocycles. The summed E-state index contributed by atoms with van der Waals surface area (Å²) in [5.41, 5.74) is 2.00. The van der Waals surface area contributed by atoms with Crippen LogP contribution in [0.2, 0.25) is 0 Å². The number of hydrogen-bond acceptors (Lipinski definition) is 2. The highest BCUT2D eigenvalue weighted by Gasteiger charge is 2.32.